The van der Waals surface area contributed by atoms with E-state index in [-0.39, 0.29) is 17.0 Å². The summed E-state index contributed by atoms with van der Waals surface area (Å²) >= 11 is 0. The second kappa shape index (κ2) is 4.30. The average molecular weight is 201 g/mol. The third kappa shape index (κ3) is 4.09. The minimum Gasteiger partial charge on any atom is -0.464 e. The van der Waals surface area contributed by atoms with Crippen LogP contribution in [0, 0.1) is 0 Å². The monoisotopic (exact) mass is 201 g/mol. The van der Waals surface area contributed by atoms with E-state index in [0.717, 1.165) is 0 Å². The van der Waals surface area contributed by atoms with E-state index in [1.165, 1.54) is 6.92 Å². The number of esters is 1. The average Bonchev–Trinajstić information content (AvgIpc) is 1.98. The maximum absolute atomic E-state index is 10.7. The van der Waals surface area contributed by atoms with E-state index in [1.807, 2.05) is 7.05 Å². The van der Waals surface area contributed by atoms with Crippen molar-refractivity contribution in [2.24, 2.45) is 0 Å². The number of carbonyl (C=O) groups is 1. The van der Waals surface area contributed by atoms with E-state index in [4.69, 9.17) is 4.74 Å². The molecular formula is C11H23NO2. The second-order valence-corrected chi connectivity index (χ2v) is 5.32. The number of carbonyl (C=O) groups excluding carboxylic acids is 1. The first-order valence-corrected chi connectivity index (χ1v) is 4.94. The molecule has 14 heavy (non-hydrogen) atoms. The van der Waals surface area contributed by atoms with Gasteiger partial charge in [0, 0.05) is 18.0 Å². The Bertz CT molecular complexity index is 204. The van der Waals surface area contributed by atoms with Crippen molar-refractivity contribution >= 4 is 5.97 Å². The van der Waals surface area contributed by atoms with Crippen LogP contribution in [-0.2, 0) is 9.53 Å². The largest absolute Gasteiger partial charge is 0.464 e. The maximum Gasteiger partial charge on any atom is 0.302 e. The molecule has 0 amide bonds. The van der Waals surface area contributed by atoms with Crippen molar-refractivity contribution in [1.82, 2.24) is 4.90 Å². The molecule has 0 fully saturated rings. The smallest absolute Gasteiger partial charge is 0.302 e. The number of hydrogen-bond donors (Lipinski definition) is 0. The van der Waals surface area contributed by atoms with Crippen LogP contribution in [0.3, 0.4) is 0 Å². The van der Waals surface area contributed by atoms with Crippen LogP contribution < -0.4 is 0 Å². The molecule has 0 aliphatic rings. The minimum atomic E-state index is -0.222. The summed E-state index contributed by atoms with van der Waals surface area (Å²) in [5, 5.41) is 0. The number of likely N-dealkylation sites (N-methyl/N-ethyl adjacent to an activating group) is 1. The second-order valence-electron chi connectivity index (χ2n) is 5.32. The molecule has 0 bridgehead atoms. The number of nitrogens with zero attached hydrogens (tertiary/aromatic N) is 1. The zero-order chi connectivity index (χ0) is 11.6. The van der Waals surface area contributed by atoms with Crippen molar-refractivity contribution in [2.75, 3.05) is 13.7 Å². The lowest BCUT2D eigenvalue weighted by Crippen LogP contribution is -2.54. The van der Waals surface area contributed by atoms with Crippen LogP contribution in [0.15, 0.2) is 0 Å². The number of ether oxygens (including phenoxy) is 1. The minimum absolute atomic E-state index is 0.0731. The molecule has 0 radical (unpaired) electrons. The van der Waals surface area contributed by atoms with Crippen LogP contribution in [0.25, 0.3) is 0 Å². The van der Waals surface area contributed by atoms with Gasteiger partial charge in [0.2, 0.25) is 0 Å². The lowest BCUT2D eigenvalue weighted by molar-refractivity contribution is -0.145. The predicted molar refractivity (Wildman–Crippen MR) is 58.2 cm³/mol. The Balaban J connectivity index is 4.38. The molecule has 3 nitrogen and oxygen atoms in total. The van der Waals surface area contributed by atoms with Crippen molar-refractivity contribution < 1.29 is 9.53 Å². The van der Waals surface area contributed by atoms with E-state index >= 15 is 0 Å². The molecule has 0 aromatic carbocycles. The Morgan fingerprint density at radius 1 is 1.21 bits per heavy atom. The summed E-state index contributed by atoms with van der Waals surface area (Å²) in [5.41, 5.74) is -0.0619. The van der Waals surface area contributed by atoms with Crippen LogP contribution in [-0.4, -0.2) is 35.6 Å². The summed E-state index contributed by atoms with van der Waals surface area (Å²) < 4.78 is 5.04. The first kappa shape index (κ1) is 13.4. The van der Waals surface area contributed by atoms with Gasteiger partial charge in [0.15, 0.2) is 0 Å². The molecule has 3 heteroatoms. The quantitative estimate of drug-likeness (QED) is 0.655. The van der Waals surface area contributed by atoms with Gasteiger partial charge in [-0.3, -0.25) is 9.69 Å². The van der Waals surface area contributed by atoms with Gasteiger partial charge < -0.3 is 4.74 Å². The van der Waals surface area contributed by atoms with E-state index in [1.54, 1.807) is 0 Å². The van der Waals surface area contributed by atoms with E-state index in [0.29, 0.717) is 6.61 Å². The fourth-order valence-electron chi connectivity index (χ4n) is 1.28. The van der Waals surface area contributed by atoms with Crippen molar-refractivity contribution in [1.29, 1.82) is 0 Å². The first-order chi connectivity index (χ1) is 6.07. The highest BCUT2D eigenvalue weighted by molar-refractivity contribution is 5.65. The van der Waals surface area contributed by atoms with E-state index in [9.17, 15) is 4.79 Å². The summed E-state index contributed by atoms with van der Waals surface area (Å²) in [5.74, 6) is -0.222. The van der Waals surface area contributed by atoms with Gasteiger partial charge in [-0.15, -0.1) is 0 Å². The van der Waals surface area contributed by atoms with E-state index < -0.39 is 0 Å². The molecule has 0 aromatic rings. The molecule has 0 unspecified atom stereocenters. The number of hydrogen-bond acceptors (Lipinski definition) is 3. The summed E-state index contributed by atoms with van der Waals surface area (Å²) in [7, 11) is 2.05. The Labute approximate surface area is 87.4 Å². The van der Waals surface area contributed by atoms with Crippen molar-refractivity contribution in [3.8, 4) is 0 Å². The van der Waals surface area contributed by atoms with Crippen molar-refractivity contribution in [3.63, 3.8) is 0 Å². The topological polar surface area (TPSA) is 29.5 Å². The fraction of sp³-hybridized carbons (Fsp3) is 0.909. The standard InChI is InChI=1S/C11H23NO2/c1-9(13)14-8-11(5,6)12(7)10(2,3)4/h8H2,1-7H3. The van der Waals surface area contributed by atoms with E-state index in [2.05, 4.69) is 39.5 Å². The molecule has 84 valence electrons. The molecule has 0 rings (SSSR count). The lowest BCUT2D eigenvalue weighted by atomic mass is 9.96. The van der Waals surface area contributed by atoms with Crippen LogP contribution in [0.2, 0.25) is 0 Å². The van der Waals surface area contributed by atoms with Gasteiger partial charge >= 0.3 is 5.97 Å². The Hall–Kier alpha value is -0.570. The zero-order valence-electron chi connectivity index (χ0n) is 10.5. The fourth-order valence-corrected chi connectivity index (χ4v) is 1.28. The molecule has 0 aromatic heterocycles. The predicted octanol–water partition coefficient (Wildman–Crippen LogP) is 2.06. The van der Waals surface area contributed by atoms with Crippen LogP contribution in [0.1, 0.15) is 41.5 Å². The molecule has 0 aliphatic carbocycles. The highest BCUT2D eigenvalue weighted by Crippen LogP contribution is 2.22. The first-order valence-electron chi connectivity index (χ1n) is 4.94. The summed E-state index contributed by atoms with van der Waals surface area (Å²) in [6.45, 7) is 12.4. The van der Waals surface area contributed by atoms with Gasteiger partial charge in [-0.25, -0.2) is 0 Å². The Kier molecular flexibility index (Phi) is 4.13. The number of rotatable bonds is 3. The van der Waals surface area contributed by atoms with Gasteiger partial charge in [0.25, 0.3) is 0 Å². The van der Waals surface area contributed by atoms with Gasteiger partial charge in [-0.05, 0) is 41.7 Å². The Morgan fingerprint density at radius 3 is 1.93 bits per heavy atom. The lowest BCUT2D eigenvalue weighted by Gasteiger charge is -2.44. The molecule has 0 aliphatic heterocycles. The van der Waals surface area contributed by atoms with Crippen molar-refractivity contribution in [3.05, 3.63) is 0 Å². The summed E-state index contributed by atoms with van der Waals surface area (Å²) in [6.07, 6.45) is 0. The Morgan fingerprint density at radius 2 is 1.64 bits per heavy atom. The molecule has 0 saturated heterocycles. The highest BCUT2D eigenvalue weighted by Gasteiger charge is 2.32. The van der Waals surface area contributed by atoms with Crippen LogP contribution in [0.4, 0.5) is 0 Å². The molecular weight excluding hydrogens is 178 g/mol. The molecule has 0 spiro atoms. The van der Waals surface area contributed by atoms with Gasteiger partial charge in [0.05, 0.1) is 0 Å². The summed E-state index contributed by atoms with van der Waals surface area (Å²) in [4.78, 5) is 12.9. The molecule has 0 saturated carbocycles. The zero-order valence-corrected chi connectivity index (χ0v) is 10.5. The van der Waals surface area contributed by atoms with Gasteiger partial charge in [0.1, 0.15) is 6.61 Å². The van der Waals surface area contributed by atoms with Crippen molar-refractivity contribution in [2.45, 2.75) is 52.6 Å². The SMILES string of the molecule is CC(=O)OCC(C)(C)N(C)C(C)(C)C. The van der Waals surface area contributed by atoms with Crippen LogP contribution in [0.5, 0.6) is 0 Å². The third-order valence-electron chi connectivity index (χ3n) is 2.54. The third-order valence-corrected chi connectivity index (χ3v) is 2.54. The van der Waals surface area contributed by atoms with Gasteiger partial charge in [-0.1, -0.05) is 0 Å². The molecule has 0 heterocycles. The normalized spacial score (nSPS) is 13.1. The molecule has 0 atom stereocenters. The molecule has 0 N–H and O–H groups in total. The summed E-state index contributed by atoms with van der Waals surface area (Å²) in [6, 6.07) is 0. The highest BCUT2D eigenvalue weighted by atomic mass is 16.5. The van der Waals surface area contributed by atoms with Gasteiger partial charge in [-0.2, -0.15) is 0 Å². The van der Waals surface area contributed by atoms with Crippen LogP contribution >= 0.6 is 0 Å². The maximum atomic E-state index is 10.7.